The molecule has 0 atom stereocenters. The molecule has 0 aliphatic heterocycles. The summed E-state index contributed by atoms with van der Waals surface area (Å²) in [5.74, 6) is 0. The van der Waals surface area contributed by atoms with E-state index >= 15 is 0 Å². The minimum Gasteiger partial charge on any atom is -0.0995 e. The normalized spacial score (nSPS) is 22.0. The van der Waals surface area contributed by atoms with Gasteiger partial charge in [-0.3, -0.25) is 0 Å². The van der Waals surface area contributed by atoms with Gasteiger partial charge in [-0.15, -0.1) is 0 Å². The fourth-order valence-electron chi connectivity index (χ4n) is 1.81. The van der Waals surface area contributed by atoms with E-state index < -0.39 is 0 Å². The Kier molecular flexibility index (Phi) is 5.64. The van der Waals surface area contributed by atoms with Crippen LogP contribution in [0.2, 0.25) is 0 Å². The van der Waals surface area contributed by atoms with Crippen molar-refractivity contribution >= 4 is 0 Å². The van der Waals surface area contributed by atoms with Crippen LogP contribution in [0.1, 0.15) is 57.8 Å². The molecule has 0 heteroatoms. The molecule has 0 unspecified atom stereocenters. The first-order valence-corrected chi connectivity index (χ1v) is 5.71. The summed E-state index contributed by atoms with van der Waals surface area (Å²) in [4.78, 5) is 0. The maximum absolute atomic E-state index is 4.09. The molecule has 13 heavy (non-hydrogen) atoms. The summed E-state index contributed by atoms with van der Waals surface area (Å²) in [6.07, 6.45) is 16.7. The first-order chi connectivity index (χ1) is 6.39. The molecule has 0 bridgehead atoms. The van der Waals surface area contributed by atoms with E-state index in [2.05, 4.69) is 18.7 Å². The van der Waals surface area contributed by atoms with Gasteiger partial charge in [0.25, 0.3) is 0 Å². The Morgan fingerprint density at radius 3 is 2.38 bits per heavy atom. The Morgan fingerprint density at radius 1 is 0.846 bits per heavy atom. The molecular weight excluding hydrogens is 156 g/mol. The minimum atomic E-state index is 1.11. The van der Waals surface area contributed by atoms with Gasteiger partial charge in [0.15, 0.2) is 0 Å². The molecule has 0 spiro atoms. The number of hydrogen-bond acceptors (Lipinski definition) is 0. The van der Waals surface area contributed by atoms with E-state index in [1.54, 1.807) is 0 Å². The van der Waals surface area contributed by atoms with Crippen molar-refractivity contribution in [1.82, 2.24) is 0 Å². The lowest BCUT2D eigenvalue weighted by Gasteiger charge is -2.05. The van der Waals surface area contributed by atoms with Crippen molar-refractivity contribution < 1.29 is 0 Å². The zero-order valence-corrected chi connectivity index (χ0v) is 8.73. The van der Waals surface area contributed by atoms with Crippen LogP contribution in [0.25, 0.3) is 0 Å². The van der Waals surface area contributed by atoms with Gasteiger partial charge in [-0.05, 0) is 32.1 Å². The van der Waals surface area contributed by atoms with Crippen molar-refractivity contribution in [3.05, 3.63) is 24.3 Å². The monoisotopic (exact) mass is 178 g/mol. The predicted octanol–water partition coefficient (Wildman–Crippen LogP) is 4.62. The van der Waals surface area contributed by atoms with E-state index in [4.69, 9.17) is 0 Å². The summed E-state index contributed by atoms with van der Waals surface area (Å²) in [5.41, 5.74) is 1.41. The van der Waals surface area contributed by atoms with Crippen molar-refractivity contribution in [3.8, 4) is 0 Å². The quantitative estimate of drug-likeness (QED) is 0.475. The lowest BCUT2D eigenvalue weighted by molar-refractivity contribution is 0.592. The highest BCUT2D eigenvalue weighted by molar-refractivity contribution is 5.02. The van der Waals surface area contributed by atoms with Gasteiger partial charge in [-0.2, -0.15) is 0 Å². The molecule has 0 radical (unpaired) electrons. The van der Waals surface area contributed by atoms with Crippen LogP contribution in [-0.4, -0.2) is 0 Å². The summed E-state index contributed by atoms with van der Waals surface area (Å²) in [6.45, 7) is 4.09. The number of hydrogen-bond donors (Lipinski definition) is 0. The van der Waals surface area contributed by atoms with Crippen LogP contribution in [-0.2, 0) is 0 Å². The molecule has 0 aromatic heterocycles. The molecule has 0 saturated heterocycles. The van der Waals surface area contributed by atoms with E-state index in [1.165, 1.54) is 56.9 Å². The van der Waals surface area contributed by atoms with Gasteiger partial charge in [0.1, 0.15) is 0 Å². The van der Waals surface area contributed by atoms with Gasteiger partial charge < -0.3 is 0 Å². The minimum absolute atomic E-state index is 1.11. The van der Waals surface area contributed by atoms with E-state index in [1.807, 2.05) is 0 Å². The largest absolute Gasteiger partial charge is 0.0995 e. The number of allylic oxidation sites excluding steroid dienone is 3. The maximum Gasteiger partial charge on any atom is -0.0142 e. The van der Waals surface area contributed by atoms with Gasteiger partial charge in [0, 0.05) is 0 Å². The second-order valence-corrected chi connectivity index (χ2v) is 4.09. The summed E-state index contributed by atoms with van der Waals surface area (Å²) in [5, 5.41) is 0. The smallest absolute Gasteiger partial charge is 0.0142 e. The molecule has 74 valence electrons. The Bertz CT molecular complexity index is 165. The van der Waals surface area contributed by atoms with Crippen LogP contribution in [0.15, 0.2) is 24.3 Å². The fourth-order valence-corrected chi connectivity index (χ4v) is 1.81. The third-order valence-corrected chi connectivity index (χ3v) is 2.72. The van der Waals surface area contributed by atoms with Crippen LogP contribution >= 0.6 is 0 Å². The molecule has 1 rings (SSSR count). The first-order valence-electron chi connectivity index (χ1n) is 5.71. The van der Waals surface area contributed by atoms with Gasteiger partial charge >= 0.3 is 0 Å². The Balaban J connectivity index is 2.26. The van der Waals surface area contributed by atoms with Crippen LogP contribution in [0.4, 0.5) is 0 Å². The fraction of sp³-hybridized carbons (Fsp3) is 0.692. The van der Waals surface area contributed by atoms with Crippen molar-refractivity contribution in [2.24, 2.45) is 0 Å². The van der Waals surface area contributed by atoms with Crippen LogP contribution in [0, 0.1) is 0 Å². The number of rotatable bonds is 0. The van der Waals surface area contributed by atoms with Gasteiger partial charge in [0.2, 0.25) is 0 Å². The third-order valence-electron chi connectivity index (χ3n) is 2.72. The van der Waals surface area contributed by atoms with Gasteiger partial charge in [-0.25, -0.2) is 0 Å². The molecule has 0 amide bonds. The van der Waals surface area contributed by atoms with Gasteiger partial charge in [-0.1, -0.05) is 50.0 Å². The van der Waals surface area contributed by atoms with Crippen molar-refractivity contribution in [2.45, 2.75) is 57.8 Å². The molecular formula is C13H22. The van der Waals surface area contributed by atoms with Crippen molar-refractivity contribution in [1.29, 1.82) is 0 Å². The average Bonchev–Trinajstić information content (AvgIpc) is 2.11. The Morgan fingerprint density at radius 2 is 1.54 bits per heavy atom. The average molecular weight is 178 g/mol. The molecule has 1 aliphatic rings. The molecule has 1 aliphatic carbocycles. The van der Waals surface area contributed by atoms with E-state index in [-0.39, 0.29) is 0 Å². The van der Waals surface area contributed by atoms with Crippen molar-refractivity contribution in [3.63, 3.8) is 0 Å². The molecule has 0 heterocycles. The summed E-state index contributed by atoms with van der Waals surface area (Å²) in [7, 11) is 0. The summed E-state index contributed by atoms with van der Waals surface area (Å²) >= 11 is 0. The molecule has 0 aromatic rings. The predicted molar refractivity (Wildman–Crippen MR) is 59.8 cm³/mol. The SMILES string of the molecule is C=C1CC=CCCCCCCCC1. The second-order valence-electron chi connectivity index (χ2n) is 4.09. The lowest BCUT2D eigenvalue weighted by Crippen LogP contribution is -1.85. The van der Waals surface area contributed by atoms with E-state index in [0.717, 1.165) is 6.42 Å². The summed E-state index contributed by atoms with van der Waals surface area (Å²) in [6, 6.07) is 0. The standard InChI is InChI=1S/C13H22/c1-13-11-9-7-5-3-2-4-6-8-10-12-13/h7,9H,1-6,8,10-12H2. The van der Waals surface area contributed by atoms with Crippen LogP contribution < -0.4 is 0 Å². The maximum atomic E-state index is 4.09. The Labute approximate surface area is 82.7 Å². The van der Waals surface area contributed by atoms with Crippen LogP contribution in [0.5, 0.6) is 0 Å². The molecule has 0 fully saturated rings. The third kappa shape index (κ3) is 5.68. The highest BCUT2D eigenvalue weighted by Crippen LogP contribution is 2.15. The first kappa shape index (κ1) is 10.6. The topological polar surface area (TPSA) is 0 Å². The zero-order chi connectivity index (χ0) is 9.36. The van der Waals surface area contributed by atoms with E-state index in [0.29, 0.717) is 0 Å². The molecule has 0 saturated carbocycles. The summed E-state index contributed by atoms with van der Waals surface area (Å²) < 4.78 is 0. The zero-order valence-electron chi connectivity index (χ0n) is 8.73. The highest BCUT2D eigenvalue weighted by Gasteiger charge is 1.95. The van der Waals surface area contributed by atoms with Crippen LogP contribution in [0.3, 0.4) is 0 Å². The molecule has 0 N–H and O–H groups in total. The van der Waals surface area contributed by atoms with Crippen molar-refractivity contribution in [2.75, 3.05) is 0 Å². The second kappa shape index (κ2) is 6.94. The lowest BCUT2D eigenvalue weighted by atomic mass is 10.0. The highest BCUT2D eigenvalue weighted by atomic mass is 14.0. The molecule has 0 nitrogen and oxygen atoms in total. The van der Waals surface area contributed by atoms with Gasteiger partial charge in [0.05, 0.1) is 0 Å². The molecule has 0 aromatic carbocycles. The Hall–Kier alpha value is -0.520. The van der Waals surface area contributed by atoms with E-state index in [9.17, 15) is 0 Å².